The molecule has 2 aromatic rings. The second-order valence-corrected chi connectivity index (χ2v) is 10.1. The van der Waals surface area contributed by atoms with Crippen molar-refractivity contribution >= 4 is 11.8 Å². The van der Waals surface area contributed by atoms with E-state index in [0.29, 0.717) is 24.9 Å². The van der Waals surface area contributed by atoms with Gasteiger partial charge in [-0.05, 0) is 30.2 Å². The van der Waals surface area contributed by atoms with Gasteiger partial charge in [0.05, 0.1) is 0 Å². The maximum absolute atomic E-state index is 13.1. The Balaban J connectivity index is 1.72. The van der Waals surface area contributed by atoms with Crippen LogP contribution < -0.4 is 16.1 Å². The van der Waals surface area contributed by atoms with E-state index in [9.17, 15) is 14.4 Å². The molecule has 34 heavy (non-hydrogen) atoms. The second-order valence-electron chi connectivity index (χ2n) is 10.1. The lowest BCUT2D eigenvalue weighted by atomic mass is 10.1. The quantitative estimate of drug-likeness (QED) is 0.563. The number of hydrogen-bond acceptors (Lipinski definition) is 4. The number of carbonyl (C=O) groups is 2. The number of amides is 2. The van der Waals surface area contributed by atoms with Crippen LogP contribution in [0.5, 0.6) is 0 Å². The van der Waals surface area contributed by atoms with E-state index in [0.717, 1.165) is 32.5 Å². The van der Waals surface area contributed by atoms with Gasteiger partial charge in [0.15, 0.2) is 0 Å². The molecule has 7 heteroatoms. The molecule has 1 aromatic carbocycles. The monoisotopic (exact) mass is 466 g/mol. The Hall–Kier alpha value is -2.93. The Bertz CT molecular complexity index is 1030. The third kappa shape index (κ3) is 7.29. The van der Waals surface area contributed by atoms with Crippen LogP contribution in [0.1, 0.15) is 66.8 Å². The zero-order chi connectivity index (χ0) is 24.7. The van der Waals surface area contributed by atoms with Gasteiger partial charge in [-0.2, -0.15) is 0 Å². The molecule has 1 aliphatic rings. The van der Waals surface area contributed by atoms with Crippen LogP contribution in [0.4, 0.5) is 0 Å². The number of carbonyl (C=O) groups excluding carboxylic acids is 2. The topological polar surface area (TPSA) is 83.4 Å². The Morgan fingerprint density at radius 1 is 1.00 bits per heavy atom. The van der Waals surface area contributed by atoms with Gasteiger partial charge in [-0.3, -0.25) is 19.3 Å². The van der Waals surface area contributed by atoms with Crippen LogP contribution in [-0.2, 0) is 13.1 Å². The number of likely N-dealkylation sites (tertiary alicyclic amines) is 1. The minimum absolute atomic E-state index is 0.0224. The number of nitrogens with zero attached hydrogens (tertiary/aromatic N) is 2. The fourth-order valence-corrected chi connectivity index (χ4v) is 4.25. The van der Waals surface area contributed by atoms with Gasteiger partial charge in [0, 0.05) is 51.2 Å². The molecule has 3 rings (SSSR count). The van der Waals surface area contributed by atoms with Crippen molar-refractivity contribution in [3.8, 4) is 0 Å². The summed E-state index contributed by atoms with van der Waals surface area (Å²) in [5, 5.41) is 5.86. The largest absolute Gasteiger partial charge is 0.352 e. The molecule has 0 radical (unpaired) electrons. The molecule has 0 bridgehead atoms. The van der Waals surface area contributed by atoms with E-state index in [1.807, 2.05) is 18.2 Å². The number of hydrogen-bond donors (Lipinski definition) is 2. The van der Waals surface area contributed by atoms with Crippen molar-refractivity contribution in [1.29, 1.82) is 0 Å². The van der Waals surface area contributed by atoms with Crippen LogP contribution in [0, 0.1) is 11.8 Å². The molecule has 2 amide bonds. The van der Waals surface area contributed by atoms with E-state index < -0.39 is 17.2 Å². The van der Waals surface area contributed by atoms with Crippen molar-refractivity contribution in [3.63, 3.8) is 0 Å². The molecule has 0 aliphatic carbocycles. The van der Waals surface area contributed by atoms with Gasteiger partial charge in [0.25, 0.3) is 11.8 Å². The Labute approximate surface area is 202 Å². The van der Waals surface area contributed by atoms with Crippen molar-refractivity contribution in [1.82, 2.24) is 20.1 Å². The lowest BCUT2D eigenvalue weighted by Gasteiger charge is -2.18. The summed E-state index contributed by atoms with van der Waals surface area (Å²) in [6, 6.07) is 10.2. The van der Waals surface area contributed by atoms with Crippen LogP contribution in [0.25, 0.3) is 0 Å². The number of aromatic nitrogens is 1. The van der Waals surface area contributed by atoms with Crippen molar-refractivity contribution in [2.45, 2.75) is 59.7 Å². The Morgan fingerprint density at radius 3 is 2.32 bits per heavy atom. The van der Waals surface area contributed by atoms with Gasteiger partial charge in [-0.1, -0.05) is 58.0 Å². The first-order valence-electron chi connectivity index (χ1n) is 12.3. The minimum atomic E-state index is -0.515. The van der Waals surface area contributed by atoms with Crippen LogP contribution in [0.15, 0.2) is 47.5 Å². The van der Waals surface area contributed by atoms with Crippen molar-refractivity contribution in [3.05, 3.63) is 69.6 Å². The first-order valence-corrected chi connectivity index (χ1v) is 12.3. The van der Waals surface area contributed by atoms with E-state index in [-0.39, 0.29) is 17.2 Å². The Morgan fingerprint density at radius 2 is 1.68 bits per heavy atom. The third-order valence-electron chi connectivity index (χ3n) is 6.01. The van der Waals surface area contributed by atoms with Crippen molar-refractivity contribution in [2.24, 2.45) is 11.8 Å². The average molecular weight is 467 g/mol. The van der Waals surface area contributed by atoms with Gasteiger partial charge in [-0.15, -0.1) is 0 Å². The predicted octanol–water partition coefficient (Wildman–Crippen LogP) is 3.28. The molecule has 1 fully saturated rings. The standard InChI is InChI=1S/C27H38N4O3/c1-19(2)10-12-28-26(33)23-17-31(14-20(3)4)18-24(25(23)32)27(34)29-22-11-13-30(16-22)15-21-8-6-5-7-9-21/h5-9,17-20,22H,10-16H2,1-4H3,(H,28,33)(H,29,34)/t22-/m1/s1. The zero-order valence-electron chi connectivity index (χ0n) is 20.8. The van der Waals surface area contributed by atoms with Gasteiger partial charge in [0.2, 0.25) is 5.43 Å². The molecule has 184 valence electrons. The zero-order valence-corrected chi connectivity index (χ0v) is 20.8. The second kappa shape index (κ2) is 12.0. The molecule has 1 aliphatic heterocycles. The lowest BCUT2D eigenvalue weighted by molar-refractivity contribution is 0.0935. The highest BCUT2D eigenvalue weighted by molar-refractivity contribution is 5.99. The molecule has 0 unspecified atom stereocenters. The van der Waals surface area contributed by atoms with Crippen LogP contribution in [-0.4, -0.2) is 47.0 Å². The van der Waals surface area contributed by atoms with E-state index >= 15 is 0 Å². The summed E-state index contributed by atoms with van der Waals surface area (Å²) in [7, 11) is 0. The fourth-order valence-electron chi connectivity index (χ4n) is 4.25. The number of pyridine rings is 1. The molecule has 1 saturated heterocycles. The maximum atomic E-state index is 13.1. The molecular weight excluding hydrogens is 428 g/mol. The summed E-state index contributed by atoms with van der Waals surface area (Å²) in [5.74, 6) is -0.0851. The summed E-state index contributed by atoms with van der Waals surface area (Å²) in [6.07, 6.45) is 4.81. The molecule has 2 N–H and O–H groups in total. The summed E-state index contributed by atoms with van der Waals surface area (Å²) < 4.78 is 1.79. The molecule has 2 heterocycles. The van der Waals surface area contributed by atoms with E-state index in [4.69, 9.17) is 0 Å². The number of nitrogens with one attached hydrogen (secondary N) is 2. The molecular formula is C27H38N4O3. The summed E-state index contributed by atoms with van der Waals surface area (Å²) in [5.41, 5.74) is 0.772. The Kier molecular flexibility index (Phi) is 9.05. The number of rotatable bonds is 10. The summed E-state index contributed by atoms with van der Waals surface area (Å²) in [4.78, 5) is 41.3. The van der Waals surface area contributed by atoms with Crippen molar-refractivity contribution in [2.75, 3.05) is 19.6 Å². The molecule has 0 saturated carbocycles. The SMILES string of the molecule is CC(C)CCNC(=O)c1cn(CC(C)C)cc(C(=O)N[C@@H]2CCN(Cc3ccccc3)C2)c1=O. The first-order chi connectivity index (χ1) is 16.2. The van der Waals surface area contributed by atoms with Gasteiger partial charge >= 0.3 is 0 Å². The summed E-state index contributed by atoms with van der Waals surface area (Å²) in [6.45, 7) is 11.8. The normalized spacial score (nSPS) is 16.2. The smallest absolute Gasteiger partial charge is 0.257 e. The summed E-state index contributed by atoms with van der Waals surface area (Å²) >= 11 is 0. The number of benzene rings is 1. The maximum Gasteiger partial charge on any atom is 0.257 e. The van der Waals surface area contributed by atoms with Crippen molar-refractivity contribution < 1.29 is 9.59 Å². The molecule has 1 aromatic heterocycles. The lowest BCUT2D eigenvalue weighted by Crippen LogP contribution is -2.41. The highest BCUT2D eigenvalue weighted by Gasteiger charge is 2.26. The predicted molar refractivity (Wildman–Crippen MR) is 135 cm³/mol. The van der Waals surface area contributed by atoms with Crippen LogP contribution in [0.2, 0.25) is 0 Å². The minimum Gasteiger partial charge on any atom is -0.352 e. The first kappa shape index (κ1) is 25.7. The van der Waals surface area contributed by atoms with Gasteiger partial charge in [0.1, 0.15) is 11.1 Å². The fraction of sp³-hybridized carbons (Fsp3) is 0.519. The van der Waals surface area contributed by atoms with E-state index in [2.05, 4.69) is 55.4 Å². The van der Waals surface area contributed by atoms with E-state index in [1.165, 1.54) is 5.56 Å². The van der Waals surface area contributed by atoms with Gasteiger partial charge in [-0.25, -0.2) is 0 Å². The average Bonchev–Trinajstić information content (AvgIpc) is 3.21. The highest BCUT2D eigenvalue weighted by atomic mass is 16.2. The van der Waals surface area contributed by atoms with Gasteiger partial charge < -0.3 is 15.2 Å². The third-order valence-corrected chi connectivity index (χ3v) is 6.01. The molecule has 1 atom stereocenters. The van der Waals surface area contributed by atoms with Crippen LogP contribution in [0.3, 0.4) is 0 Å². The molecule has 0 spiro atoms. The highest BCUT2D eigenvalue weighted by Crippen LogP contribution is 2.14. The molecule has 7 nitrogen and oxygen atoms in total. The van der Waals surface area contributed by atoms with E-state index in [1.54, 1.807) is 17.0 Å². The van der Waals surface area contributed by atoms with Crippen LogP contribution >= 0.6 is 0 Å².